The molecule has 3 N–H and O–H groups in total. The minimum Gasteiger partial charge on any atom is -0.497 e. The molecule has 0 aliphatic rings. The molecule has 0 unspecified atom stereocenters. The van der Waals surface area contributed by atoms with E-state index in [0.717, 1.165) is 22.7 Å². The van der Waals surface area contributed by atoms with Crippen LogP contribution in [0, 0.1) is 13.8 Å². The Morgan fingerprint density at radius 3 is 2.44 bits per heavy atom. The van der Waals surface area contributed by atoms with Crippen molar-refractivity contribution in [2.75, 3.05) is 17.7 Å². The topological polar surface area (TPSA) is 101 Å². The van der Waals surface area contributed by atoms with Crippen LogP contribution < -0.4 is 20.7 Å². The van der Waals surface area contributed by atoms with Crippen molar-refractivity contribution in [2.24, 2.45) is 4.99 Å². The Labute approximate surface area is 196 Å². The molecule has 1 aromatic heterocycles. The van der Waals surface area contributed by atoms with E-state index in [1.54, 1.807) is 25.3 Å². The minimum absolute atomic E-state index is 0.176. The normalized spacial score (nSPS) is 11.1. The number of halogens is 2. The summed E-state index contributed by atoms with van der Waals surface area (Å²) in [5.41, 5.74) is 2.95. The van der Waals surface area contributed by atoms with Crippen molar-refractivity contribution in [1.29, 1.82) is 0 Å². The van der Waals surface area contributed by atoms with Gasteiger partial charge in [-0.1, -0.05) is 35.3 Å². The zero-order valence-corrected chi connectivity index (χ0v) is 19.3. The number of urea groups is 1. The minimum atomic E-state index is -0.523. The van der Waals surface area contributed by atoms with E-state index < -0.39 is 6.03 Å². The fourth-order valence-corrected chi connectivity index (χ4v) is 3.08. The average Bonchev–Trinajstić information content (AvgIpc) is 2.74. The molecular weight excluding hydrogens is 451 g/mol. The standard InChI is InChI=1S/C22H22Cl2N6O2/c1-13-9-14(2)27-21(26-13)29-20(25-12-15-5-4-6-17(10-15)32-3)30-22(31)28-16-7-8-18(23)19(24)11-16/h4-11H,12H2,1-3H3,(H3,25,26,27,28,29,30,31). The summed E-state index contributed by atoms with van der Waals surface area (Å²) in [6.45, 7) is 4.01. The Morgan fingerprint density at radius 1 is 1.00 bits per heavy atom. The van der Waals surface area contributed by atoms with Crippen LogP contribution in [-0.2, 0) is 6.54 Å². The molecule has 10 heteroatoms. The summed E-state index contributed by atoms with van der Waals surface area (Å²) in [7, 11) is 1.60. The van der Waals surface area contributed by atoms with Gasteiger partial charge in [0.05, 0.1) is 23.7 Å². The van der Waals surface area contributed by atoms with E-state index in [1.165, 1.54) is 0 Å². The summed E-state index contributed by atoms with van der Waals surface area (Å²) >= 11 is 11.9. The van der Waals surface area contributed by atoms with Gasteiger partial charge in [0, 0.05) is 17.1 Å². The van der Waals surface area contributed by atoms with Crippen molar-refractivity contribution < 1.29 is 9.53 Å². The summed E-state index contributed by atoms with van der Waals surface area (Å²) in [6.07, 6.45) is 0. The van der Waals surface area contributed by atoms with Crippen LogP contribution >= 0.6 is 23.2 Å². The molecule has 0 atom stereocenters. The number of amides is 2. The third-order valence-corrected chi connectivity index (χ3v) is 4.91. The highest BCUT2D eigenvalue weighted by atomic mass is 35.5. The number of methoxy groups -OCH3 is 1. The number of hydrogen-bond acceptors (Lipinski definition) is 5. The van der Waals surface area contributed by atoms with Crippen LogP contribution in [0.3, 0.4) is 0 Å². The number of aromatic nitrogens is 2. The van der Waals surface area contributed by atoms with Gasteiger partial charge in [-0.3, -0.25) is 10.6 Å². The second-order valence-electron chi connectivity index (χ2n) is 6.82. The van der Waals surface area contributed by atoms with Crippen molar-refractivity contribution in [3.8, 4) is 5.75 Å². The maximum absolute atomic E-state index is 12.6. The second kappa shape index (κ2) is 10.8. The Balaban J connectivity index is 1.79. The van der Waals surface area contributed by atoms with Gasteiger partial charge in [-0.2, -0.15) is 0 Å². The Bertz CT molecular complexity index is 1130. The quantitative estimate of drug-likeness (QED) is 0.350. The van der Waals surface area contributed by atoms with E-state index in [0.29, 0.717) is 21.7 Å². The van der Waals surface area contributed by atoms with E-state index in [2.05, 4.69) is 30.9 Å². The fraction of sp³-hybridized carbons (Fsp3) is 0.182. The average molecular weight is 473 g/mol. The van der Waals surface area contributed by atoms with Crippen molar-refractivity contribution in [3.63, 3.8) is 0 Å². The highest BCUT2D eigenvalue weighted by Crippen LogP contribution is 2.24. The molecule has 2 aromatic carbocycles. The SMILES string of the molecule is COc1cccc(CN=C(NC(=O)Nc2ccc(Cl)c(Cl)c2)Nc2nc(C)cc(C)n2)c1. The van der Waals surface area contributed by atoms with E-state index in [1.807, 2.05) is 44.2 Å². The van der Waals surface area contributed by atoms with Crippen LogP contribution in [0.1, 0.15) is 17.0 Å². The van der Waals surface area contributed by atoms with Gasteiger partial charge in [-0.15, -0.1) is 0 Å². The van der Waals surface area contributed by atoms with Crippen molar-refractivity contribution >= 4 is 46.8 Å². The molecule has 0 fully saturated rings. The molecule has 8 nitrogen and oxygen atoms in total. The van der Waals surface area contributed by atoms with Gasteiger partial charge >= 0.3 is 6.03 Å². The van der Waals surface area contributed by atoms with Crippen LogP contribution in [0.4, 0.5) is 16.4 Å². The lowest BCUT2D eigenvalue weighted by atomic mass is 10.2. The largest absolute Gasteiger partial charge is 0.497 e. The molecule has 32 heavy (non-hydrogen) atoms. The lowest BCUT2D eigenvalue weighted by Crippen LogP contribution is -2.39. The lowest BCUT2D eigenvalue weighted by Gasteiger charge is -2.13. The summed E-state index contributed by atoms with van der Waals surface area (Å²) in [4.78, 5) is 25.7. The maximum Gasteiger partial charge on any atom is 0.326 e. The smallest absolute Gasteiger partial charge is 0.326 e. The number of hydrogen-bond donors (Lipinski definition) is 3. The summed E-state index contributed by atoms with van der Waals surface area (Å²) in [5.74, 6) is 1.22. The highest BCUT2D eigenvalue weighted by molar-refractivity contribution is 6.42. The molecule has 0 radical (unpaired) electrons. The number of carbonyl (C=O) groups is 1. The van der Waals surface area contributed by atoms with Gasteiger partial charge in [0.25, 0.3) is 0 Å². The van der Waals surface area contributed by atoms with Gasteiger partial charge in [-0.25, -0.2) is 19.8 Å². The summed E-state index contributed by atoms with van der Waals surface area (Å²) in [6, 6.07) is 13.6. The van der Waals surface area contributed by atoms with E-state index in [-0.39, 0.29) is 12.5 Å². The number of ether oxygens (including phenoxy) is 1. The van der Waals surface area contributed by atoms with Gasteiger partial charge in [0.2, 0.25) is 11.9 Å². The molecule has 3 aromatic rings. The Hall–Kier alpha value is -3.36. The Kier molecular flexibility index (Phi) is 7.86. The molecule has 3 rings (SSSR count). The van der Waals surface area contributed by atoms with Crippen LogP contribution in [0.25, 0.3) is 0 Å². The monoisotopic (exact) mass is 472 g/mol. The van der Waals surface area contributed by atoms with E-state index in [4.69, 9.17) is 27.9 Å². The first-order valence-electron chi connectivity index (χ1n) is 9.62. The van der Waals surface area contributed by atoms with Crippen molar-refractivity contribution in [1.82, 2.24) is 15.3 Å². The number of nitrogens with one attached hydrogen (secondary N) is 3. The molecule has 0 spiro atoms. The molecule has 0 saturated carbocycles. The molecule has 2 amide bonds. The molecular formula is C22H22Cl2N6O2. The predicted octanol–water partition coefficient (Wildman–Crippen LogP) is 5.20. The zero-order valence-electron chi connectivity index (χ0n) is 17.7. The number of rotatable bonds is 5. The maximum atomic E-state index is 12.6. The number of aryl methyl sites for hydroxylation is 2. The number of anilines is 2. The number of benzene rings is 2. The van der Waals surface area contributed by atoms with Crippen molar-refractivity contribution in [2.45, 2.75) is 20.4 Å². The van der Waals surface area contributed by atoms with Crippen LogP contribution in [0.5, 0.6) is 5.75 Å². The molecule has 0 aliphatic carbocycles. The zero-order chi connectivity index (χ0) is 23.1. The van der Waals surface area contributed by atoms with Gasteiger partial charge in [0.15, 0.2) is 0 Å². The fourth-order valence-electron chi connectivity index (χ4n) is 2.78. The number of carbonyl (C=O) groups excluding carboxylic acids is 1. The molecule has 166 valence electrons. The number of nitrogens with zero attached hydrogens (tertiary/aromatic N) is 3. The number of guanidine groups is 1. The van der Waals surface area contributed by atoms with E-state index >= 15 is 0 Å². The second-order valence-corrected chi connectivity index (χ2v) is 7.64. The molecule has 1 heterocycles. The lowest BCUT2D eigenvalue weighted by molar-refractivity contribution is 0.256. The van der Waals surface area contributed by atoms with Crippen LogP contribution in [-0.4, -0.2) is 29.1 Å². The first kappa shape index (κ1) is 23.3. The number of aliphatic imine (C=N–C) groups is 1. The Morgan fingerprint density at radius 2 is 1.75 bits per heavy atom. The van der Waals surface area contributed by atoms with Crippen molar-refractivity contribution in [3.05, 3.63) is 75.5 Å². The summed E-state index contributed by atoms with van der Waals surface area (Å²) < 4.78 is 5.25. The molecule has 0 saturated heterocycles. The first-order chi connectivity index (χ1) is 15.3. The predicted molar refractivity (Wildman–Crippen MR) is 128 cm³/mol. The first-order valence-corrected chi connectivity index (χ1v) is 10.4. The van der Waals surface area contributed by atoms with Gasteiger partial charge < -0.3 is 10.1 Å². The van der Waals surface area contributed by atoms with Crippen LogP contribution in [0.15, 0.2) is 53.5 Å². The third-order valence-electron chi connectivity index (χ3n) is 4.18. The van der Waals surface area contributed by atoms with Gasteiger partial charge in [0.1, 0.15) is 5.75 Å². The van der Waals surface area contributed by atoms with Gasteiger partial charge in [-0.05, 0) is 55.8 Å². The highest BCUT2D eigenvalue weighted by Gasteiger charge is 2.10. The summed E-state index contributed by atoms with van der Waals surface area (Å²) in [5, 5.41) is 9.08. The van der Waals surface area contributed by atoms with E-state index in [9.17, 15) is 4.79 Å². The van der Waals surface area contributed by atoms with Crippen LogP contribution in [0.2, 0.25) is 10.0 Å². The molecule has 0 aliphatic heterocycles. The molecule has 0 bridgehead atoms. The third kappa shape index (κ3) is 6.83.